The summed E-state index contributed by atoms with van der Waals surface area (Å²) in [5.41, 5.74) is 0. The van der Waals surface area contributed by atoms with Gasteiger partial charge in [0.2, 0.25) is 10.0 Å². The van der Waals surface area contributed by atoms with Gasteiger partial charge in [-0.3, -0.25) is 0 Å². The lowest BCUT2D eigenvalue weighted by Crippen LogP contribution is -2.38. The van der Waals surface area contributed by atoms with Crippen molar-refractivity contribution in [3.05, 3.63) is 16.3 Å². The maximum absolute atomic E-state index is 12.6. The van der Waals surface area contributed by atoms with Crippen LogP contribution < -0.4 is 5.32 Å². The van der Waals surface area contributed by atoms with Crippen molar-refractivity contribution in [3.63, 3.8) is 0 Å². The minimum atomic E-state index is -3.29. The summed E-state index contributed by atoms with van der Waals surface area (Å²) in [6, 6.07) is 1.83. The number of nitrogens with one attached hydrogen (secondary N) is 1. The molecule has 1 aliphatic rings. The van der Waals surface area contributed by atoms with Gasteiger partial charge in [-0.1, -0.05) is 20.3 Å². The predicted molar refractivity (Wildman–Crippen MR) is 88.1 cm³/mol. The zero-order valence-corrected chi connectivity index (χ0v) is 14.6. The second-order valence-corrected chi connectivity index (χ2v) is 8.61. The van der Waals surface area contributed by atoms with Crippen LogP contribution in [0.1, 0.15) is 44.4 Å². The van der Waals surface area contributed by atoms with E-state index in [2.05, 4.69) is 19.2 Å². The molecule has 0 aliphatic carbocycles. The molecule has 0 bridgehead atoms. The van der Waals surface area contributed by atoms with Gasteiger partial charge in [0.1, 0.15) is 0 Å². The number of rotatable bonds is 7. The molecule has 2 heterocycles. The summed E-state index contributed by atoms with van der Waals surface area (Å²) in [7, 11) is -3.29. The van der Waals surface area contributed by atoms with Crippen LogP contribution in [0.15, 0.2) is 16.3 Å². The van der Waals surface area contributed by atoms with Crippen molar-refractivity contribution in [2.45, 2.75) is 51.0 Å². The molecule has 4 nitrogen and oxygen atoms in total. The molecule has 6 heteroatoms. The van der Waals surface area contributed by atoms with E-state index < -0.39 is 10.0 Å². The molecular formula is C15H26N2O2S2. The van der Waals surface area contributed by atoms with Crippen molar-refractivity contribution in [2.24, 2.45) is 5.92 Å². The monoisotopic (exact) mass is 330 g/mol. The minimum Gasteiger partial charge on any atom is -0.312 e. The average Bonchev–Trinajstić information content (AvgIpc) is 2.97. The Morgan fingerprint density at radius 3 is 2.67 bits per heavy atom. The van der Waals surface area contributed by atoms with Crippen LogP contribution in [0, 0.1) is 5.92 Å². The van der Waals surface area contributed by atoms with Gasteiger partial charge in [0, 0.05) is 29.9 Å². The highest BCUT2D eigenvalue weighted by Gasteiger charge is 2.29. The molecule has 0 saturated carbocycles. The quantitative estimate of drug-likeness (QED) is 0.782. The van der Waals surface area contributed by atoms with Crippen molar-refractivity contribution < 1.29 is 8.42 Å². The first-order valence-corrected chi connectivity index (χ1v) is 10.2. The first-order valence-electron chi connectivity index (χ1n) is 7.86. The van der Waals surface area contributed by atoms with E-state index in [0.29, 0.717) is 23.9 Å². The Morgan fingerprint density at radius 2 is 2.05 bits per heavy atom. The molecular weight excluding hydrogens is 304 g/mol. The molecule has 1 aliphatic heterocycles. The molecule has 1 aromatic rings. The Kier molecular flexibility index (Phi) is 6.22. The van der Waals surface area contributed by atoms with Gasteiger partial charge in [-0.15, -0.1) is 11.3 Å². The third kappa shape index (κ3) is 4.28. The van der Waals surface area contributed by atoms with Gasteiger partial charge in [0.25, 0.3) is 0 Å². The molecule has 0 aromatic carbocycles. The normalized spacial score (nSPS) is 18.2. The zero-order chi connectivity index (χ0) is 15.3. The summed E-state index contributed by atoms with van der Waals surface area (Å²) < 4.78 is 26.9. The highest BCUT2D eigenvalue weighted by Crippen LogP contribution is 2.27. The standard InChI is InChI=1S/C15H26N2O2S2/c1-3-7-16-11-14-10-15(12-20-14)21(18,19)17-8-5-13(4-2)6-9-17/h10,12-13,16H,3-9,11H2,1-2H3. The molecule has 1 saturated heterocycles. The Hall–Kier alpha value is -0.430. The summed E-state index contributed by atoms with van der Waals surface area (Å²) >= 11 is 1.53. The molecule has 1 aromatic heterocycles. The molecule has 0 radical (unpaired) electrons. The van der Waals surface area contributed by atoms with Crippen LogP contribution >= 0.6 is 11.3 Å². The highest BCUT2D eigenvalue weighted by atomic mass is 32.2. The van der Waals surface area contributed by atoms with Crippen LogP contribution in [0.2, 0.25) is 0 Å². The minimum absolute atomic E-state index is 0.468. The van der Waals surface area contributed by atoms with Crippen LogP contribution in [-0.4, -0.2) is 32.4 Å². The topological polar surface area (TPSA) is 49.4 Å². The summed E-state index contributed by atoms with van der Waals surface area (Å²) in [6.07, 6.45) is 4.22. The van der Waals surface area contributed by atoms with E-state index in [1.54, 1.807) is 9.69 Å². The fourth-order valence-electron chi connectivity index (χ4n) is 2.68. The van der Waals surface area contributed by atoms with Crippen LogP contribution in [0.25, 0.3) is 0 Å². The van der Waals surface area contributed by atoms with E-state index in [-0.39, 0.29) is 0 Å². The Balaban J connectivity index is 1.99. The van der Waals surface area contributed by atoms with Gasteiger partial charge in [0.15, 0.2) is 0 Å². The lowest BCUT2D eigenvalue weighted by atomic mass is 9.96. The van der Waals surface area contributed by atoms with Crippen LogP contribution in [0.3, 0.4) is 0 Å². The van der Waals surface area contributed by atoms with Gasteiger partial charge in [-0.25, -0.2) is 8.42 Å². The van der Waals surface area contributed by atoms with Crippen LogP contribution in [0.4, 0.5) is 0 Å². The zero-order valence-electron chi connectivity index (χ0n) is 13.0. The van der Waals surface area contributed by atoms with E-state index in [1.165, 1.54) is 11.3 Å². The summed E-state index contributed by atoms with van der Waals surface area (Å²) in [4.78, 5) is 1.56. The van der Waals surface area contributed by atoms with Crippen LogP contribution in [-0.2, 0) is 16.6 Å². The van der Waals surface area contributed by atoms with Crippen molar-refractivity contribution in [3.8, 4) is 0 Å². The fourth-order valence-corrected chi connectivity index (χ4v) is 5.39. The largest absolute Gasteiger partial charge is 0.312 e. The average molecular weight is 331 g/mol. The molecule has 120 valence electrons. The van der Waals surface area contributed by atoms with E-state index in [1.807, 2.05) is 6.07 Å². The number of thiophene rings is 1. The molecule has 1 fully saturated rings. The van der Waals surface area contributed by atoms with E-state index in [4.69, 9.17) is 0 Å². The van der Waals surface area contributed by atoms with Crippen molar-refractivity contribution in [2.75, 3.05) is 19.6 Å². The summed E-state index contributed by atoms with van der Waals surface area (Å²) in [6.45, 7) is 7.36. The second kappa shape index (κ2) is 7.72. The second-order valence-electron chi connectivity index (χ2n) is 5.68. The fraction of sp³-hybridized carbons (Fsp3) is 0.733. The van der Waals surface area contributed by atoms with Crippen molar-refractivity contribution in [1.82, 2.24) is 9.62 Å². The third-order valence-electron chi connectivity index (χ3n) is 4.14. The third-order valence-corrected chi connectivity index (χ3v) is 7.11. The van der Waals surface area contributed by atoms with E-state index in [9.17, 15) is 8.42 Å². The summed E-state index contributed by atoms with van der Waals surface area (Å²) in [5.74, 6) is 0.688. The smallest absolute Gasteiger partial charge is 0.243 e. The van der Waals surface area contributed by atoms with Gasteiger partial charge in [0.05, 0.1) is 4.90 Å². The number of hydrogen-bond acceptors (Lipinski definition) is 4. The maximum Gasteiger partial charge on any atom is 0.243 e. The first kappa shape index (κ1) is 16.9. The Morgan fingerprint density at radius 1 is 1.33 bits per heavy atom. The van der Waals surface area contributed by atoms with E-state index in [0.717, 1.165) is 43.6 Å². The van der Waals surface area contributed by atoms with Crippen LogP contribution in [0.5, 0.6) is 0 Å². The van der Waals surface area contributed by atoms with Crippen molar-refractivity contribution in [1.29, 1.82) is 0 Å². The lowest BCUT2D eigenvalue weighted by molar-refractivity contribution is 0.269. The molecule has 1 N–H and O–H groups in total. The van der Waals surface area contributed by atoms with Crippen molar-refractivity contribution >= 4 is 21.4 Å². The van der Waals surface area contributed by atoms with Gasteiger partial charge in [-0.2, -0.15) is 4.31 Å². The van der Waals surface area contributed by atoms with Gasteiger partial charge < -0.3 is 5.32 Å². The number of nitrogens with zero attached hydrogens (tertiary/aromatic N) is 1. The first-order chi connectivity index (χ1) is 10.1. The number of piperidine rings is 1. The van der Waals surface area contributed by atoms with Gasteiger partial charge in [-0.05, 0) is 37.8 Å². The predicted octanol–water partition coefficient (Wildman–Crippen LogP) is 3.06. The number of hydrogen-bond donors (Lipinski definition) is 1. The molecule has 0 spiro atoms. The molecule has 0 atom stereocenters. The Bertz CT molecular complexity index is 532. The SMILES string of the molecule is CCCNCc1cc(S(=O)(=O)N2CCC(CC)CC2)cs1. The molecule has 21 heavy (non-hydrogen) atoms. The number of sulfonamides is 1. The maximum atomic E-state index is 12.6. The molecule has 2 rings (SSSR count). The molecule has 0 unspecified atom stereocenters. The Labute approximate surface area is 132 Å². The molecule has 0 amide bonds. The highest BCUT2D eigenvalue weighted by molar-refractivity contribution is 7.89. The van der Waals surface area contributed by atoms with E-state index >= 15 is 0 Å². The lowest BCUT2D eigenvalue weighted by Gasteiger charge is -2.30. The van der Waals surface area contributed by atoms with Gasteiger partial charge >= 0.3 is 0 Å². The summed E-state index contributed by atoms with van der Waals surface area (Å²) in [5, 5.41) is 5.09.